The zero-order valence-electron chi connectivity index (χ0n) is 10.2. The number of nitrogens with one attached hydrogen (secondary N) is 1. The van der Waals surface area contributed by atoms with E-state index in [1.807, 2.05) is 26.0 Å². The number of carbonyl (C=O) groups is 1. The Hall–Kier alpha value is -2.30. The summed E-state index contributed by atoms with van der Waals surface area (Å²) in [6, 6.07) is 6.92. The predicted molar refractivity (Wildman–Crippen MR) is 66.7 cm³/mol. The Morgan fingerprint density at radius 2 is 2.17 bits per heavy atom. The molecule has 0 spiro atoms. The molecule has 0 bridgehead atoms. The number of hydrogen-bond acceptors (Lipinski definition) is 4. The number of pyridine rings is 1. The average molecular weight is 246 g/mol. The van der Waals surface area contributed by atoms with Gasteiger partial charge in [0.05, 0.1) is 11.6 Å². The van der Waals surface area contributed by atoms with Crippen molar-refractivity contribution in [1.82, 2.24) is 4.98 Å². The number of rotatable bonds is 4. The highest BCUT2D eigenvalue weighted by atomic mass is 16.4. The normalized spacial score (nSPS) is 12.1. The average Bonchev–Trinajstić information content (AvgIpc) is 2.76. The van der Waals surface area contributed by atoms with E-state index in [1.165, 1.54) is 12.3 Å². The topological polar surface area (TPSA) is 75.4 Å². The highest BCUT2D eigenvalue weighted by Gasteiger charge is 2.10. The van der Waals surface area contributed by atoms with Crippen LogP contribution < -0.4 is 5.32 Å². The highest BCUT2D eigenvalue weighted by molar-refractivity contribution is 5.87. The number of aromatic carboxylic acids is 1. The molecule has 0 aliphatic heterocycles. The van der Waals surface area contributed by atoms with Crippen LogP contribution in [0, 0.1) is 6.92 Å². The zero-order chi connectivity index (χ0) is 13.1. The molecule has 94 valence electrons. The lowest BCUT2D eigenvalue weighted by atomic mass is 10.2. The molecule has 1 atom stereocenters. The highest BCUT2D eigenvalue weighted by Crippen LogP contribution is 2.19. The van der Waals surface area contributed by atoms with Gasteiger partial charge in [-0.2, -0.15) is 0 Å². The first-order valence-corrected chi connectivity index (χ1v) is 5.58. The standard InChI is InChI=1S/C13H14N2O3/c1-8-3-5-11(18-8)9(2)15-12-6-4-10(7-14-12)13(16)17/h3-7,9H,1-2H3,(H,14,15)(H,16,17). The SMILES string of the molecule is Cc1ccc(C(C)Nc2ccc(C(=O)O)cn2)o1. The van der Waals surface area contributed by atoms with Gasteiger partial charge in [0.1, 0.15) is 17.3 Å². The summed E-state index contributed by atoms with van der Waals surface area (Å²) in [5.41, 5.74) is 0.169. The molecule has 0 amide bonds. The molecule has 0 aromatic carbocycles. The van der Waals surface area contributed by atoms with Crippen molar-refractivity contribution >= 4 is 11.8 Å². The molecule has 0 radical (unpaired) electrons. The van der Waals surface area contributed by atoms with Crippen molar-refractivity contribution in [3.63, 3.8) is 0 Å². The molecule has 2 heterocycles. The molecule has 0 aliphatic rings. The summed E-state index contributed by atoms with van der Waals surface area (Å²) in [7, 11) is 0. The Morgan fingerprint density at radius 1 is 1.39 bits per heavy atom. The second kappa shape index (κ2) is 4.91. The lowest BCUT2D eigenvalue weighted by Crippen LogP contribution is -2.07. The van der Waals surface area contributed by atoms with Gasteiger partial charge in [-0.25, -0.2) is 9.78 Å². The Bertz CT molecular complexity index is 546. The van der Waals surface area contributed by atoms with E-state index in [2.05, 4.69) is 10.3 Å². The summed E-state index contributed by atoms with van der Waals surface area (Å²) in [5.74, 6) is 1.30. The van der Waals surface area contributed by atoms with Gasteiger partial charge in [0.2, 0.25) is 0 Å². The van der Waals surface area contributed by atoms with Crippen LogP contribution >= 0.6 is 0 Å². The van der Waals surface area contributed by atoms with E-state index in [0.717, 1.165) is 11.5 Å². The van der Waals surface area contributed by atoms with Crippen molar-refractivity contribution in [3.8, 4) is 0 Å². The first-order valence-electron chi connectivity index (χ1n) is 5.58. The molecule has 5 nitrogen and oxygen atoms in total. The smallest absolute Gasteiger partial charge is 0.337 e. The molecule has 2 aromatic heterocycles. The van der Waals surface area contributed by atoms with Crippen molar-refractivity contribution in [2.45, 2.75) is 19.9 Å². The molecule has 0 fully saturated rings. The molecule has 0 saturated carbocycles. The summed E-state index contributed by atoms with van der Waals surface area (Å²) >= 11 is 0. The van der Waals surface area contributed by atoms with Gasteiger partial charge in [0, 0.05) is 6.20 Å². The second-order valence-corrected chi connectivity index (χ2v) is 4.05. The zero-order valence-corrected chi connectivity index (χ0v) is 10.2. The van der Waals surface area contributed by atoms with Gasteiger partial charge < -0.3 is 14.8 Å². The minimum atomic E-state index is -0.983. The molecule has 2 N–H and O–H groups in total. The monoisotopic (exact) mass is 246 g/mol. The van der Waals surface area contributed by atoms with Crippen molar-refractivity contribution < 1.29 is 14.3 Å². The van der Waals surface area contributed by atoms with Gasteiger partial charge in [-0.15, -0.1) is 0 Å². The number of aromatic nitrogens is 1. The third kappa shape index (κ3) is 2.68. The lowest BCUT2D eigenvalue weighted by Gasteiger charge is -2.11. The minimum Gasteiger partial charge on any atom is -0.478 e. The maximum Gasteiger partial charge on any atom is 0.337 e. The van der Waals surface area contributed by atoms with Gasteiger partial charge in [-0.1, -0.05) is 0 Å². The number of carboxylic acid groups (broad SMARTS) is 1. The van der Waals surface area contributed by atoms with E-state index in [1.54, 1.807) is 6.07 Å². The van der Waals surface area contributed by atoms with Gasteiger partial charge in [-0.05, 0) is 38.1 Å². The van der Waals surface area contributed by atoms with Crippen LogP contribution in [-0.4, -0.2) is 16.1 Å². The molecular formula is C13H14N2O3. The molecule has 5 heteroatoms. The Kier molecular flexibility index (Phi) is 3.32. The van der Waals surface area contributed by atoms with Crippen LogP contribution in [0.4, 0.5) is 5.82 Å². The molecule has 2 rings (SSSR count). The Balaban J connectivity index is 2.07. The van der Waals surface area contributed by atoms with Crippen LogP contribution in [0.2, 0.25) is 0 Å². The van der Waals surface area contributed by atoms with Crippen molar-refractivity contribution in [1.29, 1.82) is 0 Å². The van der Waals surface area contributed by atoms with Crippen LogP contribution in [0.5, 0.6) is 0 Å². The largest absolute Gasteiger partial charge is 0.478 e. The third-order valence-corrected chi connectivity index (χ3v) is 2.56. The first-order chi connectivity index (χ1) is 8.56. The van der Waals surface area contributed by atoms with E-state index in [-0.39, 0.29) is 11.6 Å². The van der Waals surface area contributed by atoms with Crippen LogP contribution in [0.1, 0.15) is 34.8 Å². The second-order valence-electron chi connectivity index (χ2n) is 4.05. The van der Waals surface area contributed by atoms with Crippen LogP contribution in [0.3, 0.4) is 0 Å². The lowest BCUT2D eigenvalue weighted by molar-refractivity contribution is 0.0696. The summed E-state index contributed by atoms with van der Waals surface area (Å²) in [6.07, 6.45) is 1.32. The van der Waals surface area contributed by atoms with Crippen molar-refractivity contribution in [2.24, 2.45) is 0 Å². The van der Waals surface area contributed by atoms with Gasteiger partial charge in [-0.3, -0.25) is 0 Å². The number of furan rings is 1. The fourth-order valence-corrected chi connectivity index (χ4v) is 1.58. The van der Waals surface area contributed by atoms with Crippen molar-refractivity contribution in [3.05, 3.63) is 47.5 Å². The summed E-state index contributed by atoms with van der Waals surface area (Å²) < 4.78 is 5.50. The van der Waals surface area contributed by atoms with E-state index < -0.39 is 5.97 Å². The fourth-order valence-electron chi connectivity index (χ4n) is 1.58. The quantitative estimate of drug-likeness (QED) is 0.867. The molecular weight excluding hydrogens is 232 g/mol. The number of nitrogens with zero attached hydrogens (tertiary/aromatic N) is 1. The molecule has 18 heavy (non-hydrogen) atoms. The summed E-state index contributed by atoms with van der Waals surface area (Å²) in [5, 5.41) is 11.9. The molecule has 1 unspecified atom stereocenters. The number of anilines is 1. The Labute approximate surface area is 104 Å². The van der Waals surface area contributed by atoms with E-state index >= 15 is 0 Å². The summed E-state index contributed by atoms with van der Waals surface area (Å²) in [4.78, 5) is 14.7. The maximum atomic E-state index is 10.7. The predicted octanol–water partition coefficient (Wildman–Crippen LogP) is 2.85. The van der Waals surface area contributed by atoms with Gasteiger partial charge in [0.25, 0.3) is 0 Å². The van der Waals surface area contributed by atoms with Crippen molar-refractivity contribution in [2.75, 3.05) is 5.32 Å². The van der Waals surface area contributed by atoms with E-state index in [0.29, 0.717) is 5.82 Å². The number of hydrogen-bond donors (Lipinski definition) is 2. The molecule has 2 aromatic rings. The first kappa shape index (κ1) is 12.2. The van der Waals surface area contributed by atoms with Gasteiger partial charge >= 0.3 is 5.97 Å². The minimum absolute atomic E-state index is 0.0260. The number of aryl methyl sites for hydroxylation is 1. The van der Waals surface area contributed by atoms with E-state index in [9.17, 15) is 4.79 Å². The van der Waals surface area contributed by atoms with E-state index in [4.69, 9.17) is 9.52 Å². The van der Waals surface area contributed by atoms with Crippen LogP contribution in [-0.2, 0) is 0 Å². The third-order valence-electron chi connectivity index (χ3n) is 2.56. The molecule has 0 aliphatic carbocycles. The number of carboxylic acids is 1. The summed E-state index contributed by atoms with van der Waals surface area (Å²) in [6.45, 7) is 3.83. The maximum absolute atomic E-state index is 10.7. The van der Waals surface area contributed by atoms with Crippen LogP contribution in [0.25, 0.3) is 0 Å². The van der Waals surface area contributed by atoms with Gasteiger partial charge in [0.15, 0.2) is 0 Å². The molecule has 0 saturated heterocycles. The fraction of sp³-hybridized carbons (Fsp3) is 0.231. The Morgan fingerprint density at radius 3 is 2.67 bits per heavy atom. The van der Waals surface area contributed by atoms with Crippen LogP contribution in [0.15, 0.2) is 34.9 Å².